The van der Waals surface area contributed by atoms with Gasteiger partial charge < -0.3 is 14.6 Å². The van der Waals surface area contributed by atoms with Crippen LogP contribution < -0.4 is 10.7 Å². The number of urea groups is 1. The summed E-state index contributed by atoms with van der Waals surface area (Å²) in [5.74, 6) is -0.473. The van der Waals surface area contributed by atoms with Crippen molar-refractivity contribution >= 4 is 35.2 Å². The Labute approximate surface area is 149 Å². The largest absolute Gasteiger partial charge is 0.468 e. The minimum absolute atomic E-state index is 0.392. The van der Waals surface area contributed by atoms with Crippen LogP contribution in [0.2, 0.25) is 0 Å². The van der Waals surface area contributed by atoms with E-state index in [1.54, 1.807) is 48.1 Å². The molecule has 8 nitrogen and oxygen atoms in total. The van der Waals surface area contributed by atoms with Crippen molar-refractivity contribution in [3.63, 3.8) is 0 Å². The van der Waals surface area contributed by atoms with Gasteiger partial charge in [-0.05, 0) is 19.1 Å². The fourth-order valence-corrected chi connectivity index (χ4v) is 2.84. The molecule has 0 fully saturated rings. The fourth-order valence-electron chi connectivity index (χ4n) is 1.86. The number of imidazole rings is 1. The first-order valence-electron chi connectivity index (χ1n) is 7.39. The molecule has 0 spiro atoms. The Kier molecular flexibility index (Phi) is 6.58. The van der Waals surface area contributed by atoms with Gasteiger partial charge in [-0.2, -0.15) is 5.10 Å². The number of rotatable bonds is 6. The maximum atomic E-state index is 12.0. The number of aromatic nitrogens is 2. The lowest BCUT2D eigenvalue weighted by Crippen LogP contribution is -2.31. The highest BCUT2D eigenvalue weighted by atomic mass is 32.2. The highest BCUT2D eigenvalue weighted by Gasteiger charge is 2.26. The van der Waals surface area contributed by atoms with E-state index in [1.165, 1.54) is 18.9 Å². The molecule has 25 heavy (non-hydrogen) atoms. The van der Waals surface area contributed by atoms with E-state index in [0.29, 0.717) is 16.6 Å². The molecule has 1 atom stereocenters. The summed E-state index contributed by atoms with van der Waals surface area (Å²) in [6.45, 7) is 1.64. The second-order valence-corrected chi connectivity index (χ2v) is 6.10. The van der Waals surface area contributed by atoms with E-state index in [4.69, 9.17) is 4.74 Å². The second kappa shape index (κ2) is 8.88. The van der Waals surface area contributed by atoms with Crippen LogP contribution in [-0.4, -0.2) is 39.6 Å². The molecular weight excluding hydrogens is 342 g/mol. The van der Waals surface area contributed by atoms with Gasteiger partial charge in [0.05, 0.1) is 12.8 Å². The SMILES string of the molecule is COC(=O)C(Sc1nccn1C)/C(C)=N\NC(=O)Nc1ccccc1. The fraction of sp³-hybridized carbons (Fsp3) is 0.250. The normalized spacial score (nSPS) is 12.4. The summed E-state index contributed by atoms with van der Waals surface area (Å²) in [5, 5.41) is 6.55. The number of hydrogen-bond donors (Lipinski definition) is 2. The zero-order valence-electron chi connectivity index (χ0n) is 14.1. The molecule has 1 heterocycles. The van der Waals surface area contributed by atoms with E-state index >= 15 is 0 Å². The Bertz CT molecular complexity index is 760. The quantitative estimate of drug-likeness (QED) is 0.356. The zero-order valence-corrected chi connectivity index (χ0v) is 14.9. The van der Waals surface area contributed by atoms with Crippen molar-refractivity contribution in [2.75, 3.05) is 12.4 Å². The summed E-state index contributed by atoms with van der Waals surface area (Å²) in [5.41, 5.74) is 3.40. The van der Waals surface area contributed by atoms with Crippen LogP contribution in [0, 0.1) is 0 Å². The first-order chi connectivity index (χ1) is 12.0. The van der Waals surface area contributed by atoms with Crippen LogP contribution in [0.15, 0.2) is 53.0 Å². The van der Waals surface area contributed by atoms with Gasteiger partial charge in [-0.25, -0.2) is 15.2 Å². The molecule has 2 rings (SSSR count). The molecule has 9 heteroatoms. The van der Waals surface area contributed by atoms with E-state index < -0.39 is 17.3 Å². The molecule has 0 aliphatic rings. The summed E-state index contributed by atoms with van der Waals surface area (Å²) in [6, 6.07) is 8.47. The molecule has 2 amide bonds. The number of benzene rings is 1. The number of carbonyl (C=O) groups is 2. The van der Waals surface area contributed by atoms with E-state index in [9.17, 15) is 9.59 Å². The summed E-state index contributed by atoms with van der Waals surface area (Å²) >= 11 is 1.19. The number of thioether (sulfide) groups is 1. The smallest absolute Gasteiger partial charge is 0.339 e. The van der Waals surface area contributed by atoms with E-state index in [0.717, 1.165) is 0 Å². The molecule has 0 radical (unpaired) electrons. The number of para-hydroxylation sites is 1. The average Bonchev–Trinajstić information content (AvgIpc) is 3.02. The summed E-state index contributed by atoms with van der Waals surface area (Å²) in [6.07, 6.45) is 3.41. The number of aryl methyl sites for hydroxylation is 1. The van der Waals surface area contributed by atoms with Gasteiger partial charge in [-0.15, -0.1) is 0 Å². The number of esters is 1. The molecule has 0 saturated carbocycles. The third-order valence-electron chi connectivity index (χ3n) is 3.16. The van der Waals surface area contributed by atoms with E-state index in [1.807, 2.05) is 13.1 Å². The molecular formula is C16H19N5O3S. The average molecular weight is 361 g/mol. The lowest BCUT2D eigenvalue weighted by molar-refractivity contribution is -0.138. The van der Waals surface area contributed by atoms with Crippen LogP contribution in [0.3, 0.4) is 0 Å². The van der Waals surface area contributed by atoms with Gasteiger partial charge in [0.15, 0.2) is 5.16 Å². The van der Waals surface area contributed by atoms with Crippen LogP contribution in [0.25, 0.3) is 0 Å². The number of anilines is 1. The first-order valence-corrected chi connectivity index (χ1v) is 8.27. The van der Waals surface area contributed by atoms with Gasteiger partial charge in [-0.1, -0.05) is 30.0 Å². The predicted molar refractivity (Wildman–Crippen MR) is 96.6 cm³/mol. The molecule has 2 N–H and O–H groups in total. The maximum Gasteiger partial charge on any atom is 0.339 e. The number of ether oxygens (including phenoxy) is 1. The highest BCUT2D eigenvalue weighted by Crippen LogP contribution is 2.23. The van der Waals surface area contributed by atoms with Gasteiger partial charge >= 0.3 is 12.0 Å². The Morgan fingerprint density at radius 1 is 1.32 bits per heavy atom. The van der Waals surface area contributed by atoms with E-state index in [-0.39, 0.29) is 0 Å². The Hall–Kier alpha value is -2.81. The molecule has 1 aromatic heterocycles. The molecule has 0 aliphatic carbocycles. The summed E-state index contributed by atoms with van der Waals surface area (Å²) in [7, 11) is 3.12. The Morgan fingerprint density at radius 2 is 2.04 bits per heavy atom. The molecule has 0 saturated heterocycles. The number of carbonyl (C=O) groups excluding carboxylic acids is 2. The van der Waals surface area contributed by atoms with Crippen LogP contribution in [0.5, 0.6) is 0 Å². The van der Waals surface area contributed by atoms with Gasteiger partial charge in [0.2, 0.25) is 0 Å². The van der Waals surface area contributed by atoms with Crippen molar-refractivity contribution in [2.45, 2.75) is 17.3 Å². The molecule has 1 aromatic carbocycles. The van der Waals surface area contributed by atoms with Crippen molar-refractivity contribution < 1.29 is 14.3 Å². The summed E-state index contributed by atoms with van der Waals surface area (Å²) < 4.78 is 6.60. The number of nitrogens with one attached hydrogen (secondary N) is 2. The lowest BCUT2D eigenvalue weighted by atomic mass is 10.3. The molecule has 2 aromatic rings. The van der Waals surface area contributed by atoms with Crippen LogP contribution in [0.4, 0.5) is 10.5 Å². The number of methoxy groups -OCH3 is 1. The van der Waals surface area contributed by atoms with Crippen molar-refractivity contribution in [3.05, 3.63) is 42.7 Å². The standard InChI is InChI=1S/C16H19N5O3S/c1-11(19-20-15(23)18-12-7-5-4-6-8-12)13(14(22)24-3)25-16-17-9-10-21(16)2/h4-10,13H,1-3H3,(H2,18,20,23)/b19-11-. The lowest BCUT2D eigenvalue weighted by Gasteiger charge is -2.14. The molecule has 0 aliphatic heterocycles. The van der Waals surface area contributed by atoms with E-state index in [2.05, 4.69) is 20.8 Å². The minimum Gasteiger partial charge on any atom is -0.468 e. The number of hydrogen-bond acceptors (Lipinski definition) is 6. The molecule has 1 unspecified atom stereocenters. The number of nitrogens with zero attached hydrogens (tertiary/aromatic N) is 3. The topological polar surface area (TPSA) is 97.6 Å². The van der Waals surface area contributed by atoms with Gasteiger partial charge in [0.1, 0.15) is 5.25 Å². The Morgan fingerprint density at radius 3 is 2.64 bits per heavy atom. The molecule has 132 valence electrons. The number of hydrazone groups is 1. The third kappa shape index (κ3) is 5.35. The van der Waals surface area contributed by atoms with Crippen LogP contribution >= 0.6 is 11.8 Å². The maximum absolute atomic E-state index is 12.0. The zero-order chi connectivity index (χ0) is 18.2. The third-order valence-corrected chi connectivity index (χ3v) is 4.53. The first kappa shape index (κ1) is 18.5. The van der Waals surface area contributed by atoms with Crippen LogP contribution in [-0.2, 0) is 16.6 Å². The van der Waals surface area contributed by atoms with Crippen molar-refractivity contribution in [2.24, 2.45) is 12.1 Å². The second-order valence-electron chi connectivity index (χ2n) is 5.03. The summed E-state index contributed by atoms with van der Waals surface area (Å²) in [4.78, 5) is 28.1. The van der Waals surface area contributed by atoms with Gasteiger partial charge in [-0.3, -0.25) is 4.79 Å². The van der Waals surface area contributed by atoms with Gasteiger partial charge in [0, 0.05) is 25.1 Å². The predicted octanol–water partition coefficient (Wildman–Crippen LogP) is 2.25. The van der Waals surface area contributed by atoms with Crippen molar-refractivity contribution in [1.29, 1.82) is 0 Å². The minimum atomic E-state index is -0.719. The van der Waals surface area contributed by atoms with Crippen molar-refractivity contribution in [1.82, 2.24) is 15.0 Å². The highest BCUT2D eigenvalue weighted by molar-refractivity contribution is 8.01. The van der Waals surface area contributed by atoms with Crippen molar-refractivity contribution in [3.8, 4) is 0 Å². The monoisotopic (exact) mass is 361 g/mol. The molecule has 0 bridgehead atoms. The van der Waals surface area contributed by atoms with Crippen LogP contribution in [0.1, 0.15) is 6.92 Å². The van der Waals surface area contributed by atoms with Gasteiger partial charge in [0.25, 0.3) is 0 Å². The number of amides is 2. The Balaban J connectivity index is 2.03.